The molecule has 0 bridgehead atoms. The molecule has 116 valence electrons. The molecule has 0 unspecified atom stereocenters. The fourth-order valence-corrected chi connectivity index (χ4v) is 2.27. The van der Waals surface area contributed by atoms with E-state index in [1.165, 1.54) is 11.8 Å². The fraction of sp³-hybridized carbons (Fsp3) is 0.333. The number of aromatic nitrogens is 3. The van der Waals surface area contributed by atoms with Crippen molar-refractivity contribution >= 4 is 29.2 Å². The number of carbonyl (C=O) groups excluding carboxylic acids is 1. The summed E-state index contributed by atoms with van der Waals surface area (Å²) in [5, 5.41) is 4.44. The van der Waals surface area contributed by atoms with Gasteiger partial charge in [-0.25, -0.2) is 9.67 Å². The minimum atomic E-state index is 0.0334. The van der Waals surface area contributed by atoms with Crippen LogP contribution in [-0.2, 0) is 4.79 Å². The van der Waals surface area contributed by atoms with Gasteiger partial charge in [-0.1, -0.05) is 0 Å². The molecule has 2 rings (SSSR count). The first-order valence-corrected chi connectivity index (χ1v) is 8.19. The van der Waals surface area contributed by atoms with Crippen LogP contribution in [0.3, 0.4) is 0 Å². The molecule has 0 saturated carbocycles. The molecule has 0 aromatic carbocycles. The number of hydrogen-bond donors (Lipinski definition) is 0. The van der Waals surface area contributed by atoms with Gasteiger partial charge in [0.2, 0.25) is 5.91 Å². The van der Waals surface area contributed by atoms with Crippen molar-refractivity contribution in [2.24, 2.45) is 4.99 Å². The third-order valence-electron chi connectivity index (χ3n) is 3.19. The minimum absolute atomic E-state index is 0.0334. The van der Waals surface area contributed by atoms with Crippen molar-refractivity contribution in [2.75, 3.05) is 19.1 Å². The topological polar surface area (TPSA) is 63.4 Å². The SMILES string of the molecule is CSCC(=O)N(C)C(C)=Nc1cn(-c2cccnc2)nc1C. The van der Waals surface area contributed by atoms with Gasteiger partial charge >= 0.3 is 0 Å². The first kappa shape index (κ1) is 16.2. The van der Waals surface area contributed by atoms with Gasteiger partial charge in [0.1, 0.15) is 11.5 Å². The fourth-order valence-electron chi connectivity index (χ4n) is 1.83. The summed E-state index contributed by atoms with van der Waals surface area (Å²) in [6.45, 7) is 3.71. The van der Waals surface area contributed by atoms with E-state index in [9.17, 15) is 4.79 Å². The van der Waals surface area contributed by atoms with Crippen LogP contribution in [-0.4, -0.2) is 50.5 Å². The van der Waals surface area contributed by atoms with Gasteiger partial charge in [0.15, 0.2) is 0 Å². The molecule has 22 heavy (non-hydrogen) atoms. The summed E-state index contributed by atoms with van der Waals surface area (Å²) < 4.78 is 1.73. The van der Waals surface area contributed by atoms with Gasteiger partial charge in [0.05, 0.1) is 29.5 Å². The van der Waals surface area contributed by atoms with Gasteiger partial charge in [-0.15, -0.1) is 0 Å². The van der Waals surface area contributed by atoms with E-state index >= 15 is 0 Å². The number of aryl methyl sites for hydroxylation is 1. The summed E-state index contributed by atoms with van der Waals surface area (Å²) in [6.07, 6.45) is 7.19. The van der Waals surface area contributed by atoms with Gasteiger partial charge in [-0.2, -0.15) is 16.9 Å². The van der Waals surface area contributed by atoms with E-state index in [4.69, 9.17) is 0 Å². The molecular formula is C15H19N5OS. The largest absolute Gasteiger partial charge is 0.303 e. The first-order chi connectivity index (χ1) is 10.5. The van der Waals surface area contributed by atoms with Crippen LogP contribution in [0.2, 0.25) is 0 Å². The van der Waals surface area contributed by atoms with Crippen molar-refractivity contribution in [3.63, 3.8) is 0 Å². The van der Waals surface area contributed by atoms with E-state index < -0.39 is 0 Å². The molecule has 0 spiro atoms. The number of thioether (sulfide) groups is 1. The van der Waals surface area contributed by atoms with Crippen molar-refractivity contribution in [1.82, 2.24) is 19.7 Å². The van der Waals surface area contributed by atoms with Crippen molar-refractivity contribution in [3.8, 4) is 5.69 Å². The number of aliphatic imine (C=N–C) groups is 1. The van der Waals surface area contributed by atoms with E-state index in [0.717, 1.165) is 17.1 Å². The molecule has 0 saturated heterocycles. The highest BCUT2D eigenvalue weighted by molar-refractivity contribution is 7.99. The molecule has 0 aliphatic heterocycles. The highest BCUT2D eigenvalue weighted by Gasteiger charge is 2.12. The Morgan fingerprint density at radius 3 is 2.91 bits per heavy atom. The molecule has 1 amide bonds. The van der Waals surface area contributed by atoms with Crippen LogP contribution in [0.4, 0.5) is 5.69 Å². The zero-order chi connectivity index (χ0) is 16.1. The molecular weight excluding hydrogens is 298 g/mol. The highest BCUT2D eigenvalue weighted by atomic mass is 32.2. The predicted octanol–water partition coefficient (Wildman–Crippen LogP) is 2.45. The van der Waals surface area contributed by atoms with Gasteiger partial charge in [-0.05, 0) is 32.2 Å². The summed E-state index contributed by atoms with van der Waals surface area (Å²) in [5.74, 6) is 1.12. The summed E-state index contributed by atoms with van der Waals surface area (Å²) in [6, 6.07) is 3.78. The van der Waals surface area contributed by atoms with Crippen LogP contribution in [0.25, 0.3) is 5.69 Å². The van der Waals surface area contributed by atoms with Crippen molar-refractivity contribution < 1.29 is 4.79 Å². The lowest BCUT2D eigenvalue weighted by molar-refractivity contribution is -0.123. The Bertz CT molecular complexity index is 680. The second-order valence-electron chi connectivity index (χ2n) is 4.80. The van der Waals surface area contributed by atoms with Gasteiger partial charge in [-0.3, -0.25) is 9.78 Å². The maximum absolute atomic E-state index is 11.9. The summed E-state index contributed by atoms with van der Waals surface area (Å²) >= 11 is 1.50. The number of nitrogens with zero attached hydrogens (tertiary/aromatic N) is 5. The molecule has 0 aliphatic carbocycles. The Hall–Kier alpha value is -2.15. The monoisotopic (exact) mass is 317 g/mol. The van der Waals surface area contributed by atoms with Crippen LogP contribution in [0.15, 0.2) is 35.7 Å². The zero-order valence-corrected chi connectivity index (χ0v) is 14.0. The van der Waals surface area contributed by atoms with Crippen LogP contribution in [0, 0.1) is 6.92 Å². The maximum Gasteiger partial charge on any atom is 0.237 e. The van der Waals surface area contributed by atoms with E-state index in [1.807, 2.05) is 38.4 Å². The van der Waals surface area contributed by atoms with E-state index in [2.05, 4.69) is 15.1 Å². The highest BCUT2D eigenvalue weighted by Crippen LogP contribution is 2.19. The molecule has 6 nitrogen and oxygen atoms in total. The quantitative estimate of drug-likeness (QED) is 0.642. The van der Waals surface area contributed by atoms with Gasteiger partial charge in [0, 0.05) is 13.2 Å². The normalized spacial score (nSPS) is 11.5. The van der Waals surface area contributed by atoms with E-state index in [-0.39, 0.29) is 5.91 Å². The van der Waals surface area contributed by atoms with Crippen LogP contribution >= 0.6 is 11.8 Å². The molecule has 2 aromatic heterocycles. The lowest BCUT2D eigenvalue weighted by atomic mass is 10.4. The predicted molar refractivity (Wildman–Crippen MR) is 90.0 cm³/mol. The lowest BCUT2D eigenvalue weighted by Crippen LogP contribution is -2.32. The van der Waals surface area contributed by atoms with Crippen molar-refractivity contribution in [1.29, 1.82) is 0 Å². The Morgan fingerprint density at radius 2 is 2.27 bits per heavy atom. The van der Waals surface area contributed by atoms with Gasteiger partial charge < -0.3 is 4.90 Å². The van der Waals surface area contributed by atoms with E-state index in [1.54, 1.807) is 29.0 Å². The Labute approximate surface area is 134 Å². The lowest BCUT2D eigenvalue weighted by Gasteiger charge is -2.15. The summed E-state index contributed by atoms with van der Waals surface area (Å²) in [5.41, 5.74) is 2.41. The smallest absolute Gasteiger partial charge is 0.237 e. The Morgan fingerprint density at radius 1 is 1.50 bits per heavy atom. The number of amides is 1. The van der Waals surface area contributed by atoms with E-state index in [0.29, 0.717) is 11.6 Å². The van der Waals surface area contributed by atoms with Crippen LogP contribution in [0.5, 0.6) is 0 Å². The molecule has 0 radical (unpaired) electrons. The number of pyridine rings is 1. The summed E-state index contributed by atoms with van der Waals surface area (Å²) in [7, 11) is 1.73. The average molecular weight is 317 g/mol. The zero-order valence-electron chi connectivity index (χ0n) is 13.1. The number of hydrogen-bond acceptors (Lipinski definition) is 5. The molecule has 2 heterocycles. The Kier molecular flexibility index (Phi) is 5.32. The standard InChI is InChI=1S/C15H19N5OS/c1-11-14(17-12(2)19(3)15(21)10-22-4)9-20(18-11)13-6-5-7-16-8-13/h5-9H,10H2,1-4H3. The third kappa shape index (κ3) is 3.73. The van der Waals surface area contributed by atoms with Crippen molar-refractivity contribution in [3.05, 3.63) is 36.4 Å². The Balaban J connectivity index is 2.25. The number of rotatable bonds is 4. The number of amidine groups is 1. The second kappa shape index (κ2) is 7.22. The van der Waals surface area contributed by atoms with Gasteiger partial charge in [0.25, 0.3) is 0 Å². The maximum atomic E-state index is 11.9. The first-order valence-electron chi connectivity index (χ1n) is 6.80. The van der Waals surface area contributed by atoms with Crippen LogP contribution in [0.1, 0.15) is 12.6 Å². The number of carbonyl (C=O) groups is 1. The van der Waals surface area contributed by atoms with Crippen LogP contribution < -0.4 is 0 Å². The second-order valence-corrected chi connectivity index (χ2v) is 5.67. The molecule has 0 fully saturated rings. The molecule has 2 aromatic rings. The molecule has 0 N–H and O–H groups in total. The van der Waals surface area contributed by atoms with Crippen molar-refractivity contribution in [2.45, 2.75) is 13.8 Å². The molecule has 7 heteroatoms. The average Bonchev–Trinajstić information content (AvgIpc) is 2.88. The molecule has 0 atom stereocenters. The third-order valence-corrected chi connectivity index (χ3v) is 3.73. The molecule has 0 aliphatic rings. The minimum Gasteiger partial charge on any atom is -0.303 e. The summed E-state index contributed by atoms with van der Waals surface area (Å²) in [4.78, 5) is 22.0.